The maximum absolute atomic E-state index is 5.65. The van der Waals surface area contributed by atoms with Gasteiger partial charge in [0.1, 0.15) is 5.75 Å². The summed E-state index contributed by atoms with van der Waals surface area (Å²) in [7, 11) is 3.62. The molecule has 0 aliphatic rings. The topological polar surface area (TPSA) is 45.7 Å². The lowest BCUT2D eigenvalue weighted by Crippen LogP contribution is -2.35. The maximum Gasteiger partial charge on any atom is 0.190 e. The second-order valence-electron chi connectivity index (χ2n) is 3.67. The van der Waals surface area contributed by atoms with E-state index in [0.717, 1.165) is 40.8 Å². The van der Waals surface area contributed by atoms with Crippen LogP contribution in [-0.4, -0.2) is 44.7 Å². The van der Waals surface area contributed by atoms with Crippen LogP contribution in [0.2, 0.25) is 0 Å². The number of nitrogens with one attached hydrogen (secondary N) is 2. The van der Waals surface area contributed by atoms with Gasteiger partial charge in [-0.3, -0.25) is 4.99 Å². The standard InChI is InChI=1S/C13H20BrN3OS.HI/c1-15-13(16-2)17-6-8-19-9-7-18-12-5-3-4-11(14)10-12;/h3-5,10H,6-9H2,1-2H3,(H2,15,16,17);1H. The fourth-order valence-corrected chi connectivity index (χ4v) is 2.43. The number of halogens is 2. The molecule has 0 unspecified atom stereocenters. The molecule has 0 fully saturated rings. The van der Waals surface area contributed by atoms with Crippen molar-refractivity contribution >= 4 is 57.6 Å². The second kappa shape index (κ2) is 12.6. The summed E-state index contributed by atoms with van der Waals surface area (Å²) >= 11 is 5.28. The predicted molar refractivity (Wildman–Crippen MR) is 103 cm³/mol. The van der Waals surface area contributed by atoms with Crippen molar-refractivity contribution in [1.82, 2.24) is 10.6 Å². The van der Waals surface area contributed by atoms with Crippen LogP contribution in [0.25, 0.3) is 0 Å². The Kier molecular flexibility index (Phi) is 12.5. The number of rotatable bonds is 7. The van der Waals surface area contributed by atoms with Crippen molar-refractivity contribution in [2.45, 2.75) is 0 Å². The Morgan fingerprint density at radius 3 is 2.85 bits per heavy atom. The first-order chi connectivity index (χ1) is 9.26. The van der Waals surface area contributed by atoms with Gasteiger partial charge in [0.05, 0.1) is 6.61 Å². The van der Waals surface area contributed by atoms with E-state index >= 15 is 0 Å². The van der Waals surface area contributed by atoms with E-state index < -0.39 is 0 Å². The van der Waals surface area contributed by atoms with Crippen LogP contribution in [0.5, 0.6) is 5.75 Å². The number of hydrogen-bond donors (Lipinski definition) is 2. The smallest absolute Gasteiger partial charge is 0.190 e. The van der Waals surface area contributed by atoms with Gasteiger partial charge in [0, 0.05) is 36.6 Å². The third kappa shape index (κ3) is 8.91. The molecular formula is C13H21BrIN3OS. The molecule has 4 nitrogen and oxygen atoms in total. The van der Waals surface area contributed by atoms with Crippen molar-refractivity contribution in [1.29, 1.82) is 0 Å². The quantitative estimate of drug-likeness (QED) is 0.276. The lowest BCUT2D eigenvalue weighted by Gasteiger charge is -2.08. The third-order valence-corrected chi connectivity index (χ3v) is 3.73. The Hall–Kier alpha value is -0.150. The van der Waals surface area contributed by atoms with Crippen molar-refractivity contribution < 1.29 is 4.74 Å². The highest BCUT2D eigenvalue weighted by Gasteiger charge is 1.96. The molecular weight excluding hydrogens is 453 g/mol. The molecule has 1 rings (SSSR count). The summed E-state index contributed by atoms with van der Waals surface area (Å²) in [5.74, 6) is 3.74. The molecule has 0 bridgehead atoms. The lowest BCUT2D eigenvalue weighted by molar-refractivity contribution is 0.344. The number of ether oxygens (including phenoxy) is 1. The van der Waals surface area contributed by atoms with Crippen LogP contribution in [0.3, 0.4) is 0 Å². The monoisotopic (exact) mass is 473 g/mol. The Morgan fingerprint density at radius 1 is 1.40 bits per heavy atom. The molecule has 114 valence electrons. The molecule has 0 amide bonds. The third-order valence-electron chi connectivity index (χ3n) is 2.29. The summed E-state index contributed by atoms with van der Waals surface area (Å²) in [4.78, 5) is 4.04. The van der Waals surface area contributed by atoms with Crippen molar-refractivity contribution in [3.05, 3.63) is 28.7 Å². The van der Waals surface area contributed by atoms with Gasteiger partial charge in [-0.2, -0.15) is 11.8 Å². The zero-order valence-electron chi connectivity index (χ0n) is 11.7. The molecule has 0 atom stereocenters. The average molecular weight is 474 g/mol. The summed E-state index contributed by atoms with van der Waals surface area (Å²) < 4.78 is 6.69. The van der Waals surface area contributed by atoms with Crippen LogP contribution in [0.4, 0.5) is 0 Å². The fourth-order valence-electron chi connectivity index (χ4n) is 1.40. The molecule has 0 radical (unpaired) electrons. The Balaban J connectivity index is 0.00000361. The van der Waals surface area contributed by atoms with Crippen LogP contribution < -0.4 is 15.4 Å². The van der Waals surface area contributed by atoms with Gasteiger partial charge in [0.15, 0.2) is 5.96 Å². The highest BCUT2D eigenvalue weighted by molar-refractivity contribution is 14.0. The van der Waals surface area contributed by atoms with Gasteiger partial charge < -0.3 is 15.4 Å². The van der Waals surface area contributed by atoms with E-state index in [1.807, 2.05) is 43.1 Å². The van der Waals surface area contributed by atoms with E-state index in [9.17, 15) is 0 Å². The molecule has 7 heteroatoms. The van der Waals surface area contributed by atoms with Crippen LogP contribution >= 0.6 is 51.7 Å². The fraction of sp³-hybridized carbons (Fsp3) is 0.462. The predicted octanol–water partition coefficient (Wildman–Crippen LogP) is 2.97. The summed E-state index contributed by atoms with van der Waals surface area (Å²) in [5.41, 5.74) is 0. The van der Waals surface area contributed by atoms with Crippen LogP contribution in [0.1, 0.15) is 0 Å². The first-order valence-electron chi connectivity index (χ1n) is 6.10. The van der Waals surface area contributed by atoms with Crippen molar-refractivity contribution in [3.8, 4) is 5.75 Å². The minimum atomic E-state index is 0. The number of thioether (sulfide) groups is 1. The molecule has 0 saturated carbocycles. The Bertz CT molecular complexity index is 407. The molecule has 0 aliphatic carbocycles. The summed E-state index contributed by atoms with van der Waals surface area (Å²) in [6.45, 7) is 1.62. The lowest BCUT2D eigenvalue weighted by atomic mass is 10.3. The summed E-state index contributed by atoms with van der Waals surface area (Å²) in [5, 5.41) is 6.19. The number of nitrogens with zero attached hydrogens (tertiary/aromatic N) is 1. The van der Waals surface area contributed by atoms with Gasteiger partial charge in [0.2, 0.25) is 0 Å². The van der Waals surface area contributed by atoms with E-state index in [-0.39, 0.29) is 24.0 Å². The van der Waals surface area contributed by atoms with Crippen LogP contribution in [-0.2, 0) is 0 Å². The van der Waals surface area contributed by atoms with Crippen molar-refractivity contribution in [2.24, 2.45) is 4.99 Å². The van der Waals surface area contributed by atoms with Gasteiger partial charge in [-0.05, 0) is 18.2 Å². The number of guanidine groups is 1. The van der Waals surface area contributed by atoms with Gasteiger partial charge in [-0.1, -0.05) is 22.0 Å². The van der Waals surface area contributed by atoms with Crippen molar-refractivity contribution in [2.75, 3.05) is 38.8 Å². The van der Waals surface area contributed by atoms with Crippen LogP contribution in [0.15, 0.2) is 33.7 Å². The molecule has 0 aromatic heterocycles. The molecule has 1 aromatic rings. The normalized spacial score (nSPS) is 10.7. The zero-order valence-corrected chi connectivity index (χ0v) is 16.4. The van der Waals surface area contributed by atoms with Crippen LogP contribution in [0, 0.1) is 0 Å². The molecule has 0 heterocycles. The molecule has 0 aliphatic heterocycles. The Morgan fingerprint density at radius 2 is 2.20 bits per heavy atom. The zero-order chi connectivity index (χ0) is 13.9. The maximum atomic E-state index is 5.65. The first-order valence-corrected chi connectivity index (χ1v) is 8.05. The van der Waals surface area contributed by atoms with Gasteiger partial charge >= 0.3 is 0 Å². The first kappa shape index (κ1) is 19.9. The number of benzene rings is 1. The largest absolute Gasteiger partial charge is 0.493 e. The molecule has 1 aromatic carbocycles. The minimum Gasteiger partial charge on any atom is -0.493 e. The number of aliphatic imine (C=N–C) groups is 1. The Labute approximate surface area is 150 Å². The SMILES string of the molecule is CN=C(NC)NCCSCCOc1cccc(Br)c1.I. The van der Waals surface area contributed by atoms with Crippen molar-refractivity contribution in [3.63, 3.8) is 0 Å². The van der Waals surface area contributed by atoms with E-state index in [1.54, 1.807) is 7.05 Å². The number of hydrogen-bond acceptors (Lipinski definition) is 3. The second-order valence-corrected chi connectivity index (χ2v) is 5.81. The molecule has 0 saturated heterocycles. The van der Waals surface area contributed by atoms with E-state index in [4.69, 9.17) is 4.74 Å². The minimum absolute atomic E-state index is 0. The van der Waals surface area contributed by atoms with Gasteiger partial charge in [0.25, 0.3) is 0 Å². The highest BCUT2D eigenvalue weighted by atomic mass is 127. The molecule has 2 N–H and O–H groups in total. The highest BCUT2D eigenvalue weighted by Crippen LogP contribution is 2.17. The van der Waals surface area contributed by atoms with Gasteiger partial charge in [-0.25, -0.2) is 0 Å². The van der Waals surface area contributed by atoms with E-state index in [2.05, 4.69) is 31.6 Å². The van der Waals surface area contributed by atoms with E-state index in [1.165, 1.54) is 0 Å². The summed E-state index contributed by atoms with van der Waals surface area (Å²) in [6.07, 6.45) is 0. The summed E-state index contributed by atoms with van der Waals surface area (Å²) in [6, 6.07) is 7.90. The molecule has 20 heavy (non-hydrogen) atoms. The molecule has 0 spiro atoms. The average Bonchev–Trinajstić information content (AvgIpc) is 2.42. The van der Waals surface area contributed by atoms with Gasteiger partial charge in [-0.15, -0.1) is 24.0 Å². The van der Waals surface area contributed by atoms with E-state index in [0.29, 0.717) is 0 Å².